The van der Waals surface area contributed by atoms with E-state index in [-0.39, 0.29) is 12.2 Å². The molecule has 1 aromatic rings. The number of aromatic nitrogens is 2. The van der Waals surface area contributed by atoms with Crippen LogP contribution in [0.2, 0.25) is 0 Å². The van der Waals surface area contributed by atoms with E-state index in [1.54, 1.807) is 0 Å². The van der Waals surface area contributed by atoms with Crippen molar-refractivity contribution in [2.75, 3.05) is 26.2 Å². The average molecular weight is 347 g/mol. The third-order valence-electron chi connectivity index (χ3n) is 3.75. The number of hydrogen-bond acceptors (Lipinski definition) is 5. The maximum Gasteiger partial charge on any atom is 0.319 e. The fourth-order valence-corrected chi connectivity index (χ4v) is 2.35. The number of nitro groups is 1. The Morgan fingerprint density at radius 1 is 1.42 bits per heavy atom. The van der Waals surface area contributed by atoms with Gasteiger partial charge in [-0.3, -0.25) is 19.6 Å². The molecule has 1 amide bonds. The largest absolute Gasteiger partial charge is 0.354 e. The van der Waals surface area contributed by atoms with Crippen LogP contribution in [0.1, 0.15) is 38.1 Å². The normalized spacial score (nSPS) is 11.3. The molecule has 1 rings (SSSR count). The van der Waals surface area contributed by atoms with Gasteiger partial charge < -0.3 is 10.2 Å². The van der Waals surface area contributed by atoms with Crippen molar-refractivity contribution in [2.24, 2.45) is 0 Å². The number of hydrogen-bond donors (Lipinski definition) is 1. The van der Waals surface area contributed by atoms with Crippen LogP contribution in [0.4, 0.5) is 14.5 Å². The molecule has 0 radical (unpaired) electrons. The SMILES string of the molecule is CCN(CC)CCCNC(=O)Cn1nc(C(F)F)c([N+](=O)[O-])c1C. The van der Waals surface area contributed by atoms with E-state index in [0.717, 1.165) is 30.7 Å². The van der Waals surface area contributed by atoms with Crippen LogP contribution in [0.5, 0.6) is 0 Å². The van der Waals surface area contributed by atoms with Crippen LogP contribution in [-0.2, 0) is 11.3 Å². The molecule has 0 spiro atoms. The summed E-state index contributed by atoms with van der Waals surface area (Å²) in [5.41, 5.74) is -1.71. The summed E-state index contributed by atoms with van der Waals surface area (Å²) >= 11 is 0. The number of amides is 1. The maximum atomic E-state index is 12.8. The lowest BCUT2D eigenvalue weighted by atomic mass is 10.3. The van der Waals surface area contributed by atoms with Gasteiger partial charge in [0.25, 0.3) is 6.43 Å². The highest BCUT2D eigenvalue weighted by Crippen LogP contribution is 2.30. The van der Waals surface area contributed by atoms with E-state index in [0.29, 0.717) is 6.54 Å². The Labute approximate surface area is 139 Å². The van der Waals surface area contributed by atoms with Gasteiger partial charge in [0.1, 0.15) is 12.2 Å². The highest BCUT2D eigenvalue weighted by molar-refractivity contribution is 5.75. The number of alkyl halides is 2. The minimum atomic E-state index is -3.07. The highest BCUT2D eigenvalue weighted by Gasteiger charge is 2.31. The zero-order chi connectivity index (χ0) is 18.3. The number of carbonyl (C=O) groups excluding carboxylic acids is 1. The number of nitrogens with one attached hydrogen (secondary N) is 1. The van der Waals surface area contributed by atoms with Crippen molar-refractivity contribution in [1.82, 2.24) is 20.0 Å². The third-order valence-corrected chi connectivity index (χ3v) is 3.75. The van der Waals surface area contributed by atoms with Crippen molar-refractivity contribution in [3.63, 3.8) is 0 Å². The summed E-state index contributed by atoms with van der Waals surface area (Å²) in [7, 11) is 0. The minimum absolute atomic E-state index is 0.0615. The molecular formula is C14H23F2N5O3. The Morgan fingerprint density at radius 2 is 2.04 bits per heavy atom. The fraction of sp³-hybridized carbons (Fsp3) is 0.714. The molecule has 136 valence electrons. The summed E-state index contributed by atoms with van der Waals surface area (Å²) in [5.74, 6) is -0.420. The first kappa shape index (κ1) is 19.9. The van der Waals surface area contributed by atoms with E-state index in [2.05, 4.69) is 29.2 Å². The van der Waals surface area contributed by atoms with Crippen molar-refractivity contribution in [3.8, 4) is 0 Å². The van der Waals surface area contributed by atoms with Gasteiger partial charge in [-0.1, -0.05) is 13.8 Å². The van der Waals surface area contributed by atoms with Gasteiger partial charge in [-0.2, -0.15) is 5.10 Å². The van der Waals surface area contributed by atoms with Crippen LogP contribution in [0, 0.1) is 17.0 Å². The number of halogens is 2. The summed E-state index contributed by atoms with van der Waals surface area (Å²) in [5, 5.41) is 17.1. The molecule has 1 heterocycles. The Kier molecular flexibility index (Phi) is 7.69. The van der Waals surface area contributed by atoms with Gasteiger partial charge >= 0.3 is 5.69 Å². The molecule has 0 aromatic carbocycles. The van der Waals surface area contributed by atoms with Crippen LogP contribution >= 0.6 is 0 Å². The van der Waals surface area contributed by atoms with Crippen LogP contribution in [0.3, 0.4) is 0 Å². The Hall–Kier alpha value is -2.10. The van der Waals surface area contributed by atoms with E-state index in [9.17, 15) is 23.7 Å². The zero-order valence-corrected chi connectivity index (χ0v) is 14.1. The van der Waals surface area contributed by atoms with Gasteiger partial charge in [0, 0.05) is 6.54 Å². The molecule has 0 fully saturated rings. The van der Waals surface area contributed by atoms with Crippen molar-refractivity contribution >= 4 is 11.6 Å². The molecule has 0 saturated carbocycles. The van der Waals surface area contributed by atoms with Gasteiger partial charge in [-0.15, -0.1) is 0 Å². The zero-order valence-electron chi connectivity index (χ0n) is 14.1. The smallest absolute Gasteiger partial charge is 0.319 e. The summed E-state index contributed by atoms with van der Waals surface area (Å²) in [6, 6.07) is 0. The van der Waals surface area contributed by atoms with Gasteiger partial charge in [0.05, 0.1) is 4.92 Å². The van der Waals surface area contributed by atoms with E-state index in [4.69, 9.17) is 0 Å². The van der Waals surface area contributed by atoms with E-state index in [1.165, 1.54) is 6.92 Å². The van der Waals surface area contributed by atoms with Crippen LogP contribution < -0.4 is 5.32 Å². The molecule has 1 N–H and O–H groups in total. The van der Waals surface area contributed by atoms with Gasteiger partial charge in [-0.25, -0.2) is 8.78 Å². The quantitative estimate of drug-likeness (QED) is 0.396. The molecular weight excluding hydrogens is 324 g/mol. The van der Waals surface area contributed by atoms with Crippen LogP contribution in [0.15, 0.2) is 0 Å². The summed E-state index contributed by atoms with van der Waals surface area (Å²) in [6.07, 6.45) is -2.31. The second-order valence-electron chi connectivity index (χ2n) is 5.27. The average Bonchev–Trinajstić information content (AvgIpc) is 2.84. The molecule has 0 aliphatic rings. The van der Waals surface area contributed by atoms with Gasteiger partial charge in [-0.05, 0) is 33.0 Å². The Bertz CT molecular complexity index is 573. The number of carbonyl (C=O) groups is 1. The summed E-state index contributed by atoms with van der Waals surface area (Å²) < 4.78 is 26.6. The molecule has 0 saturated heterocycles. The number of nitrogens with zero attached hydrogens (tertiary/aromatic N) is 4. The van der Waals surface area contributed by atoms with E-state index >= 15 is 0 Å². The topological polar surface area (TPSA) is 93.3 Å². The second kappa shape index (κ2) is 9.26. The van der Waals surface area contributed by atoms with Crippen molar-refractivity contribution in [2.45, 2.75) is 40.2 Å². The maximum absolute atomic E-state index is 12.8. The number of rotatable bonds is 10. The van der Waals surface area contributed by atoms with Crippen molar-refractivity contribution < 1.29 is 18.5 Å². The molecule has 10 heteroatoms. The Balaban J connectivity index is 2.61. The van der Waals surface area contributed by atoms with Gasteiger partial charge in [0.15, 0.2) is 0 Å². The van der Waals surface area contributed by atoms with Crippen molar-refractivity contribution in [3.05, 3.63) is 21.5 Å². The lowest BCUT2D eigenvalue weighted by Crippen LogP contribution is -2.32. The standard InChI is InChI=1S/C14H23F2N5O3/c1-4-19(5-2)8-6-7-17-11(22)9-20-10(3)13(21(23)24)12(18-20)14(15)16/h14H,4-9H2,1-3H3,(H,17,22). The van der Waals surface area contributed by atoms with Crippen molar-refractivity contribution in [1.29, 1.82) is 0 Å². The molecule has 0 bridgehead atoms. The highest BCUT2D eigenvalue weighted by atomic mass is 19.3. The summed E-state index contributed by atoms with van der Waals surface area (Å²) in [6.45, 7) is 8.21. The fourth-order valence-electron chi connectivity index (χ4n) is 2.35. The minimum Gasteiger partial charge on any atom is -0.354 e. The molecule has 0 aliphatic carbocycles. The predicted molar refractivity (Wildman–Crippen MR) is 84.0 cm³/mol. The molecule has 24 heavy (non-hydrogen) atoms. The molecule has 0 atom stereocenters. The Morgan fingerprint density at radius 3 is 2.50 bits per heavy atom. The third kappa shape index (κ3) is 5.22. The summed E-state index contributed by atoms with van der Waals surface area (Å²) in [4.78, 5) is 24.1. The second-order valence-corrected chi connectivity index (χ2v) is 5.27. The van der Waals surface area contributed by atoms with E-state index in [1.807, 2.05) is 0 Å². The first-order chi connectivity index (χ1) is 11.3. The van der Waals surface area contributed by atoms with E-state index < -0.39 is 28.6 Å². The molecule has 0 unspecified atom stereocenters. The first-order valence-electron chi connectivity index (χ1n) is 7.80. The molecule has 0 aliphatic heterocycles. The first-order valence-corrected chi connectivity index (χ1v) is 7.80. The lowest BCUT2D eigenvalue weighted by molar-refractivity contribution is -0.386. The van der Waals surface area contributed by atoms with Crippen LogP contribution in [0.25, 0.3) is 0 Å². The predicted octanol–water partition coefficient (Wildman–Crippen LogP) is 1.89. The molecule has 8 nitrogen and oxygen atoms in total. The lowest BCUT2D eigenvalue weighted by Gasteiger charge is -2.17. The molecule has 1 aromatic heterocycles. The van der Waals surface area contributed by atoms with Gasteiger partial charge in [0.2, 0.25) is 11.6 Å². The monoisotopic (exact) mass is 347 g/mol. The van der Waals surface area contributed by atoms with Crippen LogP contribution in [-0.4, -0.2) is 51.7 Å².